The Morgan fingerprint density at radius 3 is 2.23 bits per heavy atom. The molecule has 14 heteroatoms. The van der Waals surface area contributed by atoms with Crippen molar-refractivity contribution in [2.45, 2.75) is 105 Å². The van der Waals surface area contributed by atoms with Gasteiger partial charge in [-0.3, -0.25) is 9.99 Å². The molecule has 13 nitrogen and oxygen atoms in total. The number of methoxy groups -OCH3 is 1. The molecule has 0 aliphatic carbocycles. The van der Waals surface area contributed by atoms with E-state index in [1.54, 1.807) is 13.3 Å². The number of halogens is 1. The number of aromatic nitrogens is 3. The molecule has 2 aliphatic rings. The zero-order chi connectivity index (χ0) is 33.2. The van der Waals surface area contributed by atoms with Crippen LogP contribution in [0, 0.1) is 19.3 Å². The molecule has 0 bridgehead atoms. The maximum Gasteiger partial charge on any atom is 0.424 e. The van der Waals surface area contributed by atoms with Gasteiger partial charge in [-0.1, -0.05) is 32.4 Å². The number of amides is 2. The van der Waals surface area contributed by atoms with Crippen molar-refractivity contribution in [3.63, 3.8) is 0 Å². The van der Waals surface area contributed by atoms with Crippen LogP contribution in [0.25, 0.3) is 0 Å². The van der Waals surface area contributed by atoms with Crippen molar-refractivity contribution in [3.05, 3.63) is 33.7 Å². The van der Waals surface area contributed by atoms with Crippen molar-refractivity contribution in [2.24, 2.45) is 5.41 Å². The van der Waals surface area contributed by atoms with Gasteiger partial charge in [0, 0.05) is 29.3 Å². The van der Waals surface area contributed by atoms with Gasteiger partial charge in [-0.25, -0.2) is 14.6 Å². The number of anilines is 2. The number of nitrogens with zero attached hydrogens (tertiary/aromatic N) is 6. The van der Waals surface area contributed by atoms with Crippen LogP contribution in [0.4, 0.5) is 21.4 Å². The Hall–Kier alpha value is -3.26. The number of pyridine rings is 1. The largest absolute Gasteiger partial charge is 0.496 e. The summed E-state index contributed by atoms with van der Waals surface area (Å²) in [6, 6.07) is 0. The first-order valence-corrected chi connectivity index (χ1v) is 14.8. The van der Waals surface area contributed by atoms with Crippen LogP contribution in [0.5, 0.6) is 5.75 Å². The summed E-state index contributed by atoms with van der Waals surface area (Å²) in [6.07, 6.45) is -1.71. The van der Waals surface area contributed by atoms with E-state index in [0.717, 1.165) is 11.1 Å². The average Bonchev–Trinajstić information content (AvgIpc) is 3.35. The number of aryl methyl sites for hydroxylation is 1. The molecule has 2 aliphatic heterocycles. The fourth-order valence-electron chi connectivity index (χ4n) is 6.55. The lowest BCUT2D eigenvalue weighted by molar-refractivity contribution is -0.152. The third kappa shape index (κ3) is 5.66. The van der Waals surface area contributed by atoms with Crippen molar-refractivity contribution in [2.75, 3.05) is 23.6 Å². The van der Waals surface area contributed by atoms with E-state index in [0.29, 0.717) is 30.0 Å². The summed E-state index contributed by atoms with van der Waals surface area (Å²) in [5.74, 6) is -0.395. The molecule has 0 spiro atoms. The molecule has 2 N–H and O–H groups in total. The summed E-state index contributed by atoms with van der Waals surface area (Å²) in [6.45, 7) is 20.5. The summed E-state index contributed by atoms with van der Waals surface area (Å²) in [5, 5.41) is 23.5. The first kappa shape index (κ1) is 33.6. The Bertz CT molecular complexity index is 1460. The van der Waals surface area contributed by atoms with Crippen molar-refractivity contribution in [1.29, 1.82) is 0 Å². The number of hydrogen-bond acceptors (Lipinski definition) is 10. The minimum absolute atomic E-state index is 0.0533. The molecule has 242 valence electrons. The molecular weight excluding hydrogens is 592 g/mol. The number of imide groups is 1. The topological polar surface area (TPSA) is 151 Å². The maximum absolute atomic E-state index is 12.0. The zero-order valence-electron chi connectivity index (χ0n) is 27.3. The molecule has 2 aromatic rings. The third-order valence-corrected chi connectivity index (χ3v) is 8.47. The predicted molar refractivity (Wildman–Crippen MR) is 164 cm³/mol. The van der Waals surface area contributed by atoms with Gasteiger partial charge < -0.3 is 24.4 Å². The maximum atomic E-state index is 12.0. The van der Waals surface area contributed by atoms with Gasteiger partial charge in [0.25, 0.3) is 0 Å². The molecule has 2 atom stereocenters. The minimum Gasteiger partial charge on any atom is -0.496 e. The predicted octanol–water partition coefficient (Wildman–Crippen LogP) is 6.13. The minimum atomic E-state index is -1.76. The molecule has 0 aromatic carbocycles. The Labute approximate surface area is 263 Å². The standard InChI is InChI=1S/C30H43ClN6O7/c1-16-13-32-19(17(2)21(16)42-11)14-35-23-20(22(31)33-24(34-23)36(25(38)39)26(40)41)30(27(3,4)5,37(35)28(6,7)8)12-18-15-43-29(9,10)44-18/h13,18H,12,14-15H2,1-11H3,(H,38,39)(H,40,41). The molecule has 2 amide bonds. The van der Waals surface area contributed by atoms with Gasteiger partial charge >= 0.3 is 12.2 Å². The van der Waals surface area contributed by atoms with Crippen LogP contribution in [0.1, 0.15) is 84.2 Å². The fraction of sp³-hybridized carbons (Fsp3) is 0.633. The first-order valence-electron chi connectivity index (χ1n) is 14.4. The lowest BCUT2D eigenvalue weighted by Gasteiger charge is -2.56. The van der Waals surface area contributed by atoms with Crippen LogP contribution in [0.3, 0.4) is 0 Å². The highest BCUT2D eigenvalue weighted by molar-refractivity contribution is 6.31. The number of carbonyl (C=O) groups is 2. The lowest BCUT2D eigenvalue weighted by atomic mass is 9.66. The van der Waals surface area contributed by atoms with Gasteiger partial charge in [0.05, 0.1) is 43.2 Å². The Morgan fingerprint density at radius 1 is 1.14 bits per heavy atom. The van der Waals surface area contributed by atoms with E-state index in [2.05, 4.69) is 56.5 Å². The van der Waals surface area contributed by atoms with Crippen molar-refractivity contribution in [3.8, 4) is 5.75 Å². The molecule has 44 heavy (non-hydrogen) atoms. The van der Waals surface area contributed by atoms with E-state index >= 15 is 0 Å². The van der Waals surface area contributed by atoms with Gasteiger partial charge in [0.15, 0.2) is 11.6 Å². The van der Waals surface area contributed by atoms with E-state index in [1.165, 1.54) is 0 Å². The smallest absolute Gasteiger partial charge is 0.424 e. The van der Waals surface area contributed by atoms with Gasteiger partial charge in [-0.15, -0.1) is 4.90 Å². The third-order valence-electron chi connectivity index (χ3n) is 8.19. The Balaban J connectivity index is 2.07. The van der Waals surface area contributed by atoms with E-state index in [4.69, 9.17) is 30.8 Å². The van der Waals surface area contributed by atoms with E-state index in [-0.39, 0.29) is 28.5 Å². The fourth-order valence-corrected chi connectivity index (χ4v) is 6.86. The highest BCUT2D eigenvalue weighted by Crippen LogP contribution is 2.60. The van der Waals surface area contributed by atoms with Crippen molar-refractivity contribution in [1.82, 2.24) is 20.0 Å². The lowest BCUT2D eigenvalue weighted by Crippen LogP contribution is -2.64. The second-order valence-corrected chi connectivity index (χ2v) is 14.1. The molecule has 4 rings (SSSR count). The molecule has 0 radical (unpaired) electrons. The van der Waals surface area contributed by atoms with Gasteiger partial charge in [0.2, 0.25) is 5.95 Å². The summed E-state index contributed by atoms with van der Waals surface area (Å²) in [4.78, 5) is 37.7. The number of fused-ring (bicyclic) bond motifs is 1. The summed E-state index contributed by atoms with van der Waals surface area (Å²) in [7, 11) is 1.60. The summed E-state index contributed by atoms with van der Waals surface area (Å²) in [5.41, 5.74) is 0.831. The van der Waals surface area contributed by atoms with Gasteiger partial charge in [-0.05, 0) is 53.9 Å². The van der Waals surface area contributed by atoms with Crippen LogP contribution in [0.2, 0.25) is 5.15 Å². The molecule has 2 aromatic heterocycles. The molecule has 1 fully saturated rings. The van der Waals surface area contributed by atoms with E-state index in [9.17, 15) is 19.8 Å². The first-order chi connectivity index (χ1) is 20.2. The Kier molecular flexibility index (Phi) is 8.62. The van der Waals surface area contributed by atoms with Gasteiger partial charge in [-0.2, -0.15) is 9.97 Å². The van der Waals surface area contributed by atoms with Crippen molar-refractivity contribution >= 4 is 35.6 Å². The van der Waals surface area contributed by atoms with Gasteiger partial charge in [0.1, 0.15) is 10.9 Å². The van der Waals surface area contributed by atoms with Crippen LogP contribution in [0.15, 0.2) is 6.20 Å². The highest BCUT2D eigenvalue weighted by Gasteiger charge is 2.63. The SMILES string of the molecule is COc1c(C)cnc(CN2c3nc(N(C(=O)O)C(=O)O)nc(Cl)c3C(CC3COC(C)(C)O3)(C(C)(C)C)N2C(C)(C)C)c1C. The second kappa shape index (κ2) is 11.3. The number of hydrogen-bond donors (Lipinski definition) is 2. The van der Waals surface area contributed by atoms with E-state index in [1.807, 2.05) is 32.7 Å². The number of carboxylic acid groups (broad SMARTS) is 2. The van der Waals surface area contributed by atoms with Crippen LogP contribution in [-0.4, -0.2) is 73.5 Å². The Morgan fingerprint density at radius 2 is 1.75 bits per heavy atom. The van der Waals surface area contributed by atoms with Crippen LogP contribution >= 0.6 is 11.6 Å². The monoisotopic (exact) mass is 634 g/mol. The van der Waals surface area contributed by atoms with E-state index < -0.39 is 40.4 Å². The molecule has 2 unspecified atom stereocenters. The second-order valence-electron chi connectivity index (χ2n) is 13.8. The van der Waals surface area contributed by atoms with Crippen LogP contribution < -0.4 is 14.6 Å². The average molecular weight is 635 g/mol. The highest BCUT2D eigenvalue weighted by atomic mass is 35.5. The molecular formula is C30H43ClN6O7. The van der Waals surface area contributed by atoms with Crippen LogP contribution in [-0.2, 0) is 21.6 Å². The molecule has 1 saturated heterocycles. The number of ether oxygens (including phenoxy) is 3. The number of hydrazine groups is 1. The normalized spacial score (nSPS) is 21.8. The van der Waals surface area contributed by atoms with Crippen molar-refractivity contribution < 1.29 is 34.0 Å². The number of rotatable bonds is 6. The quantitative estimate of drug-likeness (QED) is 0.352. The zero-order valence-corrected chi connectivity index (χ0v) is 28.0. The summed E-state index contributed by atoms with van der Waals surface area (Å²) < 4.78 is 18.0. The molecule has 4 heterocycles. The summed E-state index contributed by atoms with van der Waals surface area (Å²) >= 11 is 7.02. The molecule has 0 saturated carbocycles.